The third-order valence-corrected chi connectivity index (χ3v) is 6.32. The van der Waals surface area contributed by atoms with Crippen molar-refractivity contribution in [2.45, 2.75) is 46.0 Å². The number of thiophene rings is 1. The molecule has 0 aromatic carbocycles. The highest BCUT2D eigenvalue weighted by Crippen LogP contribution is 2.48. The Morgan fingerprint density at radius 1 is 1.29 bits per heavy atom. The van der Waals surface area contributed by atoms with Crippen molar-refractivity contribution < 1.29 is 9.59 Å². The van der Waals surface area contributed by atoms with E-state index in [0.717, 1.165) is 24.3 Å². The van der Waals surface area contributed by atoms with Crippen LogP contribution in [0.3, 0.4) is 0 Å². The molecule has 1 heterocycles. The van der Waals surface area contributed by atoms with Gasteiger partial charge >= 0.3 is 0 Å². The molecule has 5 heteroatoms. The summed E-state index contributed by atoms with van der Waals surface area (Å²) in [6.45, 7) is 4.09. The van der Waals surface area contributed by atoms with Crippen LogP contribution >= 0.6 is 11.3 Å². The molecule has 2 saturated carbocycles. The van der Waals surface area contributed by atoms with Crippen LogP contribution in [0.2, 0.25) is 0 Å². The molecule has 3 atom stereocenters. The zero-order valence-corrected chi connectivity index (χ0v) is 13.4. The van der Waals surface area contributed by atoms with Gasteiger partial charge < -0.3 is 0 Å². The van der Waals surface area contributed by atoms with E-state index in [1.54, 1.807) is 0 Å². The first-order chi connectivity index (χ1) is 10.1. The van der Waals surface area contributed by atoms with Gasteiger partial charge in [0.15, 0.2) is 0 Å². The summed E-state index contributed by atoms with van der Waals surface area (Å²) in [4.78, 5) is 26.2. The Hall–Kier alpha value is -1.36. The lowest BCUT2D eigenvalue weighted by atomic mass is 9.88. The second-order valence-electron chi connectivity index (χ2n) is 6.30. The second-order valence-corrected chi connectivity index (χ2v) is 7.43. The van der Waals surface area contributed by atoms with Crippen molar-refractivity contribution in [2.24, 2.45) is 17.8 Å². The minimum atomic E-state index is -0.209. The van der Waals surface area contributed by atoms with E-state index in [-0.39, 0.29) is 17.7 Å². The fourth-order valence-corrected chi connectivity index (χ4v) is 4.83. The Morgan fingerprint density at radius 3 is 2.67 bits per heavy atom. The first kappa shape index (κ1) is 14.6. The van der Waals surface area contributed by atoms with Gasteiger partial charge in [0, 0.05) is 10.8 Å². The number of rotatable bonds is 3. The maximum absolute atomic E-state index is 12.2. The molecule has 2 aliphatic rings. The molecular weight excluding hydrogens is 284 g/mol. The Kier molecular flexibility index (Phi) is 4.02. The summed E-state index contributed by atoms with van der Waals surface area (Å²) in [5.74, 6) is 1.13. The molecule has 114 valence electrons. The summed E-state index contributed by atoms with van der Waals surface area (Å²) in [6, 6.07) is 1.89. The summed E-state index contributed by atoms with van der Waals surface area (Å²) >= 11 is 1.50. The minimum absolute atomic E-state index is 0.0143. The molecule has 0 unspecified atom stereocenters. The smallest absolute Gasteiger partial charge is 0.273 e. The monoisotopic (exact) mass is 306 g/mol. The van der Waals surface area contributed by atoms with Crippen LogP contribution in [0.5, 0.6) is 0 Å². The van der Waals surface area contributed by atoms with E-state index in [2.05, 4.69) is 17.8 Å². The summed E-state index contributed by atoms with van der Waals surface area (Å²) in [7, 11) is 0. The van der Waals surface area contributed by atoms with Crippen LogP contribution in [0, 0.1) is 24.7 Å². The zero-order valence-electron chi connectivity index (χ0n) is 12.6. The molecule has 0 radical (unpaired) electrons. The number of hydrogen-bond donors (Lipinski definition) is 2. The lowest BCUT2D eigenvalue weighted by molar-refractivity contribution is -0.127. The van der Waals surface area contributed by atoms with E-state index in [1.807, 2.05) is 13.0 Å². The molecule has 2 aliphatic carbocycles. The average molecular weight is 306 g/mol. The maximum atomic E-state index is 12.2. The molecule has 4 nitrogen and oxygen atoms in total. The molecule has 0 spiro atoms. The predicted octanol–water partition coefficient (Wildman–Crippen LogP) is 2.82. The van der Waals surface area contributed by atoms with Crippen molar-refractivity contribution in [2.75, 3.05) is 0 Å². The largest absolute Gasteiger partial charge is 0.279 e. The van der Waals surface area contributed by atoms with Crippen molar-refractivity contribution in [3.8, 4) is 0 Å². The zero-order chi connectivity index (χ0) is 15.0. The van der Waals surface area contributed by atoms with Crippen LogP contribution < -0.4 is 10.9 Å². The van der Waals surface area contributed by atoms with Crippen molar-refractivity contribution >= 4 is 23.2 Å². The van der Waals surface area contributed by atoms with Gasteiger partial charge in [-0.15, -0.1) is 11.3 Å². The van der Waals surface area contributed by atoms with Gasteiger partial charge in [-0.2, -0.15) is 0 Å². The highest BCUT2D eigenvalue weighted by molar-refractivity contribution is 7.14. The summed E-state index contributed by atoms with van der Waals surface area (Å²) < 4.78 is 0. The van der Waals surface area contributed by atoms with Gasteiger partial charge in [0.1, 0.15) is 0 Å². The lowest BCUT2D eigenvalue weighted by Gasteiger charge is -2.20. The third kappa shape index (κ3) is 2.84. The maximum Gasteiger partial charge on any atom is 0.279 e. The third-order valence-electron chi connectivity index (χ3n) is 4.94. The van der Waals surface area contributed by atoms with Crippen molar-refractivity contribution in [3.05, 3.63) is 21.4 Å². The van der Waals surface area contributed by atoms with Crippen molar-refractivity contribution in [3.63, 3.8) is 0 Å². The van der Waals surface area contributed by atoms with Gasteiger partial charge in [-0.3, -0.25) is 20.4 Å². The predicted molar refractivity (Wildman–Crippen MR) is 83.0 cm³/mol. The number of hydrogen-bond acceptors (Lipinski definition) is 3. The number of aryl methyl sites for hydroxylation is 2. The van der Waals surface area contributed by atoms with Crippen LogP contribution in [0.15, 0.2) is 6.07 Å². The fraction of sp³-hybridized carbons (Fsp3) is 0.625. The number of amides is 2. The van der Waals surface area contributed by atoms with Crippen LogP contribution in [0.1, 0.15) is 52.7 Å². The molecular formula is C16H22N2O2S. The van der Waals surface area contributed by atoms with Crippen molar-refractivity contribution in [1.29, 1.82) is 0 Å². The van der Waals surface area contributed by atoms with Gasteiger partial charge in [-0.1, -0.05) is 13.3 Å². The molecule has 0 saturated heterocycles. The van der Waals surface area contributed by atoms with Gasteiger partial charge in [-0.05, 0) is 56.1 Å². The SMILES string of the molecule is CCc1sc(C(=O)NNC(=O)[C@H]2C[C@H]3CC[C@H]2C3)cc1C. The van der Waals surface area contributed by atoms with Gasteiger partial charge in [0.25, 0.3) is 5.91 Å². The number of nitrogens with one attached hydrogen (secondary N) is 2. The molecule has 1 aromatic heterocycles. The Labute approximate surface area is 129 Å². The minimum Gasteiger partial charge on any atom is -0.273 e. The number of hydrazine groups is 1. The number of carbonyl (C=O) groups is 2. The van der Waals surface area contributed by atoms with E-state index in [9.17, 15) is 9.59 Å². The summed E-state index contributed by atoms with van der Waals surface area (Å²) in [5, 5.41) is 0. The molecule has 21 heavy (non-hydrogen) atoms. The molecule has 0 aliphatic heterocycles. The van der Waals surface area contributed by atoms with Gasteiger partial charge in [0.2, 0.25) is 5.91 Å². The summed E-state index contributed by atoms with van der Waals surface area (Å²) in [6.07, 6.45) is 5.55. The van der Waals surface area contributed by atoms with E-state index in [4.69, 9.17) is 0 Å². The van der Waals surface area contributed by atoms with E-state index >= 15 is 0 Å². The van der Waals surface area contributed by atoms with E-state index in [1.165, 1.54) is 35.5 Å². The van der Waals surface area contributed by atoms with Crippen molar-refractivity contribution in [1.82, 2.24) is 10.9 Å². The average Bonchev–Trinajstić information content (AvgIpc) is 3.18. The highest BCUT2D eigenvalue weighted by atomic mass is 32.1. The molecule has 2 bridgehead atoms. The molecule has 3 rings (SSSR count). The van der Waals surface area contributed by atoms with Crippen LogP contribution in [-0.4, -0.2) is 11.8 Å². The molecule has 1 aromatic rings. The molecule has 2 fully saturated rings. The Balaban J connectivity index is 1.54. The van der Waals surface area contributed by atoms with Crippen LogP contribution in [0.4, 0.5) is 0 Å². The topological polar surface area (TPSA) is 58.2 Å². The standard InChI is InChI=1S/C16H22N2O2S/c1-3-13-9(2)6-14(21-13)16(20)18-17-15(19)12-8-10-4-5-11(12)7-10/h6,10-12H,3-5,7-8H2,1-2H3,(H,17,19)(H,18,20)/t10-,11-,12-/m0/s1. The van der Waals surface area contributed by atoms with Gasteiger partial charge in [-0.25, -0.2) is 0 Å². The molecule has 2 amide bonds. The normalized spacial score (nSPS) is 26.9. The second kappa shape index (κ2) is 5.79. The fourth-order valence-electron chi connectivity index (χ4n) is 3.82. The van der Waals surface area contributed by atoms with Gasteiger partial charge in [0.05, 0.1) is 4.88 Å². The Morgan fingerprint density at radius 2 is 2.10 bits per heavy atom. The number of carbonyl (C=O) groups excluding carboxylic acids is 2. The Bertz CT molecular complexity index is 567. The number of fused-ring (bicyclic) bond motifs is 2. The highest BCUT2D eigenvalue weighted by Gasteiger charge is 2.43. The first-order valence-electron chi connectivity index (χ1n) is 7.78. The molecule has 2 N–H and O–H groups in total. The van der Waals surface area contributed by atoms with Crippen LogP contribution in [-0.2, 0) is 11.2 Å². The van der Waals surface area contributed by atoms with Crippen LogP contribution in [0.25, 0.3) is 0 Å². The quantitative estimate of drug-likeness (QED) is 0.844. The summed E-state index contributed by atoms with van der Waals surface area (Å²) in [5.41, 5.74) is 6.34. The first-order valence-corrected chi connectivity index (χ1v) is 8.59. The van der Waals surface area contributed by atoms with E-state index < -0.39 is 0 Å². The van der Waals surface area contributed by atoms with E-state index in [0.29, 0.717) is 10.8 Å². The lowest BCUT2D eigenvalue weighted by Crippen LogP contribution is -2.45.